The van der Waals surface area contributed by atoms with Crippen LogP contribution in [-0.2, 0) is 0 Å². The number of aliphatic hydroxyl groups excluding tert-OH is 1. The van der Waals surface area contributed by atoms with E-state index in [4.69, 9.17) is 9.52 Å². The number of aliphatic hydroxyl groups is 1. The summed E-state index contributed by atoms with van der Waals surface area (Å²) in [6.45, 7) is 0. The minimum atomic E-state index is -0.998. The topological polar surface area (TPSA) is 95.6 Å². The predicted octanol–water partition coefficient (Wildman–Crippen LogP) is 2.63. The van der Waals surface area contributed by atoms with Gasteiger partial charge in [0.2, 0.25) is 0 Å². The van der Waals surface area contributed by atoms with Gasteiger partial charge in [-0.1, -0.05) is 19.3 Å². The van der Waals surface area contributed by atoms with Crippen molar-refractivity contribution in [2.24, 2.45) is 0 Å². The molecule has 6 heteroatoms. The highest BCUT2D eigenvalue weighted by Gasteiger charge is 2.23. The van der Waals surface area contributed by atoms with Crippen LogP contribution in [0.2, 0.25) is 0 Å². The number of hydrogen-bond acceptors (Lipinski definition) is 5. The molecule has 21 heavy (non-hydrogen) atoms. The number of carbonyl (C=O) groups is 1. The third kappa shape index (κ3) is 3.00. The molecule has 1 aliphatic carbocycles. The number of aromatic carboxylic acids is 1. The second kappa shape index (κ2) is 5.73. The minimum Gasteiger partial charge on any atom is -0.478 e. The first-order valence-electron chi connectivity index (χ1n) is 7.22. The second-order valence-electron chi connectivity index (χ2n) is 5.46. The van der Waals surface area contributed by atoms with Crippen LogP contribution in [-0.4, -0.2) is 33.3 Å². The molecule has 0 radical (unpaired) electrons. The number of hydrogen-bond donors (Lipinski definition) is 3. The van der Waals surface area contributed by atoms with Gasteiger partial charge in [-0.2, -0.15) is 4.98 Å². The molecule has 1 aromatic heterocycles. The number of benzene rings is 1. The van der Waals surface area contributed by atoms with Crippen LogP contribution in [0.15, 0.2) is 22.6 Å². The summed E-state index contributed by atoms with van der Waals surface area (Å²) in [5.41, 5.74) is 1.20. The van der Waals surface area contributed by atoms with Gasteiger partial charge in [0.05, 0.1) is 17.7 Å². The highest BCUT2D eigenvalue weighted by atomic mass is 16.4. The van der Waals surface area contributed by atoms with E-state index in [1.165, 1.54) is 12.1 Å². The van der Waals surface area contributed by atoms with Gasteiger partial charge in [0.15, 0.2) is 5.58 Å². The Bertz CT molecular complexity index is 652. The van der Waals surface area contributed by atoms with Crippen LogP contribution in [0, 0.1) is 0 Å². The van der Waals surface area contributed by atoms with Gasteiger partial charge in [-0.25, -0.2) is 4.79 Å². The van der Waals surface area contributed by atoms with E-state index in [0.717, 1.165) is 32.1 Å². The van der Waals surface area contributed by atoms with Crippen LogP contribution in [0.4, 0.5) is 6.01 Å². The van der Waals surface area contributed by atoms with Crippen molar-refractivity contribution >= 4 is 23.1 Å². The molecule has 3 N–H and O–H groups in total. The summed E-state index contributed by atoms with van der Waals surface area (Å²) in [5.74, 6) is -0.998. The minimum absolute atomic E-state index is 0.0699. The van der Waals surface area contributed by atoms with Crippen molar-refractivity contribution in [3.8, 4) is 0 Å². The Balaban J connectivity index is 1.82. The lowest BCUT2D eigenvalue weighted by Crippen LogP contribution is -2.32. The average Bonchev–Trinajstić information content (AvgIpc) is 2.75. The van der Waals surface area contributed by atoms with E-state index in [-0.39, 0.29) is 11.6 Å². The monoisotopic (exact) mass is 290 g/mol. The van der Waals surface area contributed by atoms with Crippen LogP contribution in [0.1, 0.15) is 42.5 Å². The summed E-state index contributed by atoms with van der Waals surface area (Å²) in [7, 11) is 0. The molecule has 0 amide bonds. The van der Waals surface area contributed by atoms with Gasteiger partial charge in [0, 0.05) is 0 Å². The molecule has 1 heterocycles. The standard InChI is InChI=1S/C15H18N2O4/c18-12-5-3-1-2-4-10(12)16-15-17-11-7-6-9(14(19)20)8-13(11)21-15/h6-8,10,12,18H,1-5H2,(H,16,17)(H,19,20). The SMILES string of the molecule is O=C(O)c1ccc2nc(NC3CCCCCC3O)oc2c1. The zero-order chi connectivity index (χ0) is 14.8. The van der Waals surface area contributed by atoms with Crippen LogP contribution in [0.5, 0.6) is 0 Å². The van der Waals surface area contributed by atoms with Gasteiger partial charge in [0.1, 0.15) is 5.52 Å². The molecule has 6 nitrogen and oxygen atoms in total. The average molecular weight is 290 g/mol. The quantitative estimate of drug-likeness (QED) is 0.752. The summed E-state index contributed by atoms with van der Waals surface area (Å²) < 4.78 is 5.55. The molecule has 1 fully saturated rings. The molecule has 112 valence electrons. The largest absolute Gasteiger partial charge is 0.478 e. The van der Waals surface area contributed by atoms with E-state index >= 15 is 0 Å². The maximum atomic E-state index is 10.9. The van der Waals surface area contributed by atoms with Gasteiger partial charge in [0.25, 0.3) is 6.01 Å². The van der Waals surface area contributed by atoms with Crippen LogP contribution in [0.3, 0.4) is 0 Å². The number of oxazole rings is 1. The lowest BCUT2D eigenvalue weighted by molar-refractivity contribution is 0.0697. The van der Waals surface area contributed by atoms with Crippen molar-refractivity contribution in [2.75, 3.05) is 5.32 Å². The summed E-state index contributed by atoms with van der Waals surface area (Å²) >= 11 is 0. The molecule has 1 aromatic carbocycles. The van der Waals surface area contributed by atoms with E-state index in [9.17, 15) is 9.90 Å². The Labute approximate surface area is 121 Å². The van der Waals surface area contributed by atoms with E-state index < -0.39 is 12.1 Å². The second-order valence-corrected chi connectivity index (χ2v) is 5.46. The summed E-state index contributed by atoms with van der Waals surface area (Å²) in [4.78, 5) is 15.2. The lowest BCUT2D eigenvalue weighted by atomic mass is 10.1. The maximum absolute atomic E-state index is 10.9. The number of rotatable bonds is 3. The zero-order valence-electron chi connectivity index (χ0n) is 11.6. The Kier molecular flexibility index (Phi) is 3.79. The Morgan fingerprint density at radius 1 is 1.29 bits per heavy atom. The number of carboxylic acid groups (broad SMARTS) is 1. The van der Waals surface area contributed by atoms with Crippen molar-refractivity contribution < 1.29 is 19.4 Å². The van der Waals surface area contributed by atoms with E-state index in [2.05, 4.69) is 10.3 Å². The lowest BCUT2D eigenvalue weighted by Gasteiger charge is -2.20. The number of fused-ring (bicyclic) bond motifs is 1. The molecule has 0 bridgehead atoms. The first-order valence-corrected chi connectivity index (χ1v) is 7.22. The molecule has 3 rings (SSSR count). The van der Waals surface area contributed by atoms with Crippen molar-refractivity contribution in [2.45, 2.75) is 44.2 Å². The summed E-state index contributed by atoms with van der Waals surface area (Å²) in [6.07, 6.45) is 4.48. The number of carboxylic acids is 1. The fourth-order valence-corrected chi connectivity index (χ4v) is 2.73. The van der Waals surface area contributed by atoms with Crippen LogP contribution >= 0.6 is 0 Å². The van der Waals surface area contributed by atoms with Gasteiger partial charge in [-0.15, -0.1) is 0 Å². The molecule has 0 aliphatic heterocycles. The Morgan fingerprint density at radius 3 is 2.90 bits per heavy atom. The van der Waals surface area contributed by atoms with Gasteiger partial charge < -0.3 is 19.9 Å². The number of aromatic nitrogens is 1. The van der Waals surface area contributed by atoms with E-state index in [1.54, 1.807) is 6.07 Å². The fourth-order valence-electron chi connectivity index (χ4n) is 2.73. The van der Waals surface area contributed by atoms with Crippen molar-refractivity contribution in [3.63, 3.8) is 0 Å². The molecule has 1 aliphatic rings. The van der Waals surface area contributed by atoms with Gasteiger partial charge >= 0.3 is 5.97 Å². The normalized spacial score (nSPS) is 22.9. The number of nitrogens with zero attached hydrogens (tertiary/aromatic N) is 1. The highest BCUT2D eigenvalue weighted by molar-refractivity contribution is 5.92. The van der Waals surface area contributed by atoms with Crippen molar-refractivity contribution in [1.29, 1.82) is 0 Å². The third-order valence-electron chi connectivity index (χ3n) is 3.92. The molecular weight excluding hydrogens is 272 g/mol. The molecule has 2 aromatic rings. The zero-order valence-corrected chi connectivity index (χ0v) is 11.6. The molecular formula is C15H18N2O4. The summed E-state index contributed by atoms with van der Waals surface area (Å²) in [5, 5.41) is 22.2. The molecule has 0 spiro atoms. The van der Waals surface area contributed by atoms with Crippen LogP contribution in [0.25, 0.3) is 11.1 Å². The van der Waals surface area contributed by atoms with Crippen molar-refractivity contribution in [3.05, 3.63) is 23.8 Å². The predicted molar refractivity (Wildman–Crippen MR) is 77.5 cm³/mol. The number of nitrogens with one attached hydrogen (secondary N) is 1. The number of anilines is 1. The summed E-state index contributed by atoms with van der Waals surface area (Å²) in [6, 6.07) is 4.84. The smallest absolute Gasteiger partial charge is 0.335 e. The molecule has 1 saturated carbocycles. The third-order valence-corrected chi connectivity index (χ3v) is 3.92. The van der Waals surface area contributed by atoms with E-state index in [1.807, 2.05) is 0 Å². The Hall–Kier alpha value is -2.08. The van der Waals surface area contributed by atoms with Gasteiger partial charge in [-0.05, 0) is 31.0 Å². The molecule has 0 saturated heterocycles. The maximum Gasteiger partial charge on any atom is 0.335 e. The van der Waals surface area contributed by atoms with Crippen LogP contribution < -0.4 is 5.32 Å². The van der Waals surface area contributed by atoms with Gasteiger partial charge in [-0.3, -0.25) is 0 Å². The first kappa shape index (κ1) is 13.9. The molecule has 2 atom stereocenters. The highest BCUT2D eigenvalue weighted by Crippen LogP contribution is 2.24. The van der Waals surface area contributed by atoms with E-state index in [0.29, 0.717) is 17.1 Å². The molecule has 2 unspecified atom stereocenters. The Morgan fingerprint density at radius 2 is 2.10 bits per heavy atom. The fraction of sp³-hybridized carbons (Fsp3) is 0.467. The first-order chi connectivity index (χ1) is 10.1. The van der Waals surface area contributed by atoms with Crippen molar-refractivity contribution in [1.82, 2.24) is 4.98 Å².